The van der Waals surface area contributed by atoms with Crippen molar-refractivity contribution in [1.29, 1.82) is 5.26 Å². The third-order valence-corrected chi connectivity index (χ3v) is 3.34. The Morgan fingerprint density at radius 3 is 2.33 bits per heavy atom. The number of nitriles is 1. The maximum Gasteiger partial charge on any atom is 0.141 e. The quantitative estimate of drug-likeness (QED) is 0.829. The van der Waals surface area contributed by atoms with Gasteiger partial charge < -0.3 is 4.90 Å². The standard InChI is InChI=1S/C14H18ClFN2/c1-9(2)11(8-17)14(18(3)4)10-5-6-13(16)12(15)7-10/h5-7,9,11,14H,1-4H3. The molecule has 0 radical (unpaired) electrons. The van der Waals surface area contributed by atoms with Gasteiger partial charge in [0.25, 0.3) is 0 Å². The summed E-state index contributed by atoms with van der Waals surface area (Å²) in [6.07, 6.45) is 0. The Bertz CT molecular complexity index is 452. The molecular formula is C14H18ClFN2. The topological polar surface area (TPSA) is 27.0 Å². The van der Waals surface area contributed by atoms with E-state index in [0.717, 1.165) is 5.56 Å². The van der Waals surface area contributed by atoms with Crippen molar-refractivity contribution in [3.8, 4) is 6.07 Å². The van der Waals surface area contributed by atoms with E-state index in [1.54, 1.807) is 12.1 Å². The molecule has 0 heterocycles. The van der Waals surface area contributed by atoms with Gasteiger partial charge in [-0.3, -0.25) is 0 Å². The molecule has 0 saturated carbocycles. The summed E-state index contributed by atoms with van der Waals surface area (Å²) in [6.45, 7) is 4.02. The minimum atomic E-state index is -0.434. The lowest BCUT2D eigenvalue weighted by molar-refractivity contribution is 0.210. The second-order valence-corrected chi connectivity index (χ2v) is 5.39. The monoisotopic (exact) mass is 268 g/mol. The van der Waals surface area contributed by atoms with E-state index in [4.69, 9.17) is 11.6 Å². The molecular weight excluding hydrogens is 251 g/mol. The van der Waals surface area contributed by atoms with Gasteiger partial charge in [0.05, 0.1) is 23.1 Å². The molecule has 0 spiro atoms. The van der Waals surface area contributed by atoms with Crippen molar-refractivity contribution in [2.75, 3.05) is 14.1 Å². The number of hydrogen-bond acceptors (Lipinski definition) is 2. The minimum absolute atomic E-state index is 0.0897. The second kappa shape index (κ2) is 6.17. The molecule has 18 heavy (non-hydrogen) atoms. The van der Waals surface area contributed by atoms with E-state index in [2.05, 4.69) is 6.07 Å². The van der Waals surface area contributed by atoms with Gasteiger partial charge in [-0.15, -0.1) is 0 Å². The van der Waals surface area contributed by atoms with Crippen LogP contribution in [-0.2, 0) is 0 Å². The molecule has 2 atom stereocenters. The number of rotatable bonds is 4. The van der Waals surface area contributed by atoms with Crippen molar-refractivity contribution >= 4 is 11.6 Å². The van der Waals surface area contributed by atoms with Gasteiger partial charge >= 0.3 is 0 Å². The number of halogens is 2. The van der Waals surface area contributed by atoms with E-state index in [1.807, 2.05) is 32.8 Å². The van der Waals surface area contributed by atoms with E-state index in [0.29, 0.717) is 0 Å². The van der Waals surface area contributed by atoms with Gasteiger partial charge in [0.1, 0.15) is 5.82 Å². The molecule has 2 nitrogen and oxygen atoms in total. The summed E-state index contributed by atoms with van der Waals surface area (Å²) in [6, 6.07) is 6.90. The summed E-state index contributed by atoms with van der Waals surface area (Å²) in [7, 11) is 3.82. The highest BCUT2D eigenvalue weighted by atomic mass is 35.5. The first kappa shape index (κ1) is 14.9. The Morgan fingerprint density at radius 1 is 1.33 bits per heavy atom. The van der Waals surface area contributed by atoms with Crippen LogP contribution in [-0.4, -0.2) is 19.0 Å². The normalized spacial score (nSPS) is 14.6. The molecule has 0 aromatic heterocycles. The molecule has 0 aliphatic carbocycles. The fourth-order valence-corrected chi connectivity index (χ4v) is 2.30. The Labute approximate surface area is 113 Å². The van der Waals surface area contributed by atoms with Crippen molar-refractivity contribution in [3.63, 3.8) is 0 Å². The van der Waals surface area contributed by atoms with Gasteiger partial charge in [0, 0.05) is 0 Å². The van der Waals surface area contributed by atoms with Gasteiger partial charge in [-0.1, -0.05) is 31.5 Å². The van der Waals surface area contributed by atoms with Gasteiger partial charge in [0.2, 0.25) is 0 Å². The zero-order chi connectivity index (χ0) is 13.9. The molecule has 1 aromatic carbocycles. The van der Waals surface area contributed by atoms with Crippen molar-refractivity contribution in [2.24, 2.45) is 11.8 Å². The molecule has 0 N–H and O–H groups in total. The summed E-state index contributed by atoms with van der Waals surface area (Å²) >= 11 is 5.81. The lowest BCUT2D eigenvalue weighted by atomic mass is 9.85. The lowest BCUT2D eigenvalue weighted by Gasteiger charge is -2.31. The summed E-state index contributed by atoms with van der Waals surface area (Å²) in [4.78, 5) is 1.97. The molecule has 0 aliphatic heterocycles. The van der Waals surface area contributed by atoms with Gasteiger partial charge in [-0.05, 0) is 37.7 Å². The molecule has 0 fully saturated rings. The first-order valence-corrected chi connectivity index (χ1v) is 6.27. The summed E-state index contributed by atoms with van der Waals surface area (Å²) in [5, 5.41) is 9.41. The third-order valence-electron chi connectivity index (χ3n) is 3.05. The van der Waals surface area contributed by atoms with Gasteiger partial charge in [-0.25, -0.2) is 4.39 Å². The zero-order valence-electron chi connectivity index (χ0n) is 11.1. The zero-order valence-corrected chi connectivity index (χ0v) is 11.9. The maximum atomic E-state index is 13.2. The first-order valence-electron chi connectivity index (χ1n) is 5.89. The van der Waals surface area contributed by atoms with Crippen LogP contribution in [0.5, 0.6) is 0 Å². The Balaban J connectivity index is 3.20. The lowest BCUT2D eigenvalue weighted by Crippen LogP contribution is -2.29. The van der Waals surface area contributed by atoms with E-state index in [1.165, 1.54) is 6.07 Å². The third kappa shape index (κ3) is 3.22. The molecule has 2 unspecified atom stereocenters. The van der Waals surface area contributed by atoms with Crippen LogP contribution in [0, 0.1) is 29.0 Å². The second-order valence-electron chi connectivity index (χ2n) is 4.98. The van der Waals surface area contributed by atoms with Crippen LogP contribution >= 0.6 is 11.6 Å². The van der Waals surface area contributed by atoms with Crippen molar-refractivity contribution in [2.45, 2.75) is 19.9 Å². The van der Waals surface area contributed by atoms with Crippen molar-refractivity contribution in [3.05, 3.63) is 34.6 Å². The fraction of sp³-hybridized carbons (Fsp3) is 0.500. The smallest absolute Gasteiger partial charge is 0.141 e. The largest absolute Gasteiger partial charge is 0.301 e. The van der Waals surface area contributed by atoms with Crippen molar-refractivity contribution in [1.82, 2.24) is 4.90 Å². The average Bonchev–Trinajstić information content (AvgIpc) is 2.28. The molecule has 1 rings (SSSR count). The summed E-state index contributed by atoms with van der Waals surface area (Å²) in [5.74, 6) is -0.385. The number of nitrogens with zero attached hydrogens (tertiary/aromatic N) is 2. The number of hydrogen-bond donors (Lipinski definition) is 0. The SMILES string of the molecule is CC(C)C(C#N)C(c1ccc(F)c(Cl)c1)N(C)C. The predicted octanol–water partition coefficient (Wildman–Crippen LogP) is 3.88. The molecule has 4 heteroatoms. The Morgan fingerprint density at radius 2 is 1.94 bits per heavy atom. The van der Waals surface area contributed by atoms with E-state index >= 15 is 0 Å². The van der Waals surface area contributed by atoms with Crippen LogP contribution in [0.4, 0.5) is 4.39 Å². The predicted molar refractivity (Wildman–Crippen MR) is 71.8 cm³/mol. The van der Waals surface area contributed by atoms with Crippen molar-refractivity contribution < 1.29 is 4.39 Å². The van der Waals surface area contributed by atoms with Crippen LogP contribution in [0.3, 0.4) is 0 Å². The van der Waals surface area contributed by atoms with Gasteiger partial charge in [-0.2, -0.15) is 5.26 Å². The maximum absolute atomic E-state index is 13.2. The van der Waals surface area contributed by atoms with Crippen LogP contribution in [0.25, 0.3) is 0 Å². The minimum Gasteiger partial charge on any atom is -0.301 e. The average molecular weight is 269 g/mol. The molecule has 0 saturated heterocycles. The number of benzene rings is 1. The molecule has 98 valence electrons. The Hall–Kier alpha value is -1.11. The molecule has 0 aliphatic rings. The van der Waals surface area contributed by atoms with E-state index in [9.17, 15) is 9.65 Å². The summed E-state index contributed by atoms with van der Waals surface area (Å²) in [5.41, 5.74) is 0.867. The van der Waals surface area contributed by atoms with Crippen LogP contribution in [0.15, 0.2) is 18.2 Å². The summed E-state index contributed by atoms with van der Waals surface area (Å²) < 4.78 is 13.2. The van der Waals surface area contributed by atoms with Crippen LogP contribution < -0.4 is 0 Å². The highest BCUT2D eigenvalue weighted by Crippen LogP contribution is 2.33. The van der Waals surface area contributed by atoms with E-state index < -0.39 is 5.82 Å². The van der Waals surface area contributed by atoms with E-state index in [-0.39, 0.29) is 22.9 Å². The Kier molecular flexibility index (Phi) is 5.13. The molecule has 0 bridgehead atoms. The highest BCUT2D eigenvalue weighted by Gasteiger charge is 2.28. The fourth-order valence-electron chi connectivity index (χ4n) is 2.11. The highest BCUT2D eigenvalue weighted by molar-refractivity contribution is 6.30. The van der Waals surface area contributed by atoms with Crippen LogP contribution in [0.1, 0.15) is 25.5 Å². The van der Waals surface area contributed by atoms with Gasteiger partial charge in [0.15, 0.2) is 0 Å². The molecule has 1 aromatic rings. The van der Waals surface area contributed by atoms with Crippen LogP contribution in [0.2, 0.25) is 5.02 Å². The molecule has 0 amide bonds. The first-order chi connectivity index (χ1) is 8.38.